The van der Waals surface area contributed by atoms with Crippen molar-refractivity contribution >= 4 is 16.9 Å². The molecule has 0 unspecified atom stereocenters. The summed E-state index contributed by atoms with van der Waals surface area (Å²) in [6, 6.07) is 6.46. The van der Waals surface area contributed by atoms with E-state index in [4.69, 9.17) is 5.21 Å². The summed E-state index contributed by atoms with van der Waals surface area (Å²) >= 11 is 0. The molecule has 5 nitrogen and oxygen atoms in total. The van der Waals surface area contributed by atoms with Gasteiger partial charge in [-0.1, -0.05) is 18.2 Å². The molecule has 1 atom stereocenters. The molecule has 0 aliphatic carbocycles. The van der Waals surface area contributed by atoms with Crippen molar-refractivity contribution in [2.75, 3.05) is 0 Å². The third-order valence-corrected chi connectivity index (χ3v) is 2.54. The van der Waals surface area contributed by atoms with Crippen LogP contribution in [0.5, 0.6) is 0 Å². The lowest BCUT2D eigenvalue weighted by Crippen LogP contribution is -2.45. The molecule has 0 radical (unpaired) electrons. The Labute approximate surface area is 91.7 Å². The lowest BCUT2D eigenvalue weighted by molar-refractivity contribution is -0.310. The summed E-state index contributed by atoms with van der Waals surface area (Å²) in [4.78, 5) is 13.7. The molecule has 3 N–H and O–H groups in total. The SMILES string of the molecule is O=C([O-])[C@H](Cc1c[nH]c2ccccc12)NO. The molecule has 0 aliphatic heterocycles. The first-order valence-corrected chi connectivity index (χ1v) is 4.88. The summed E-state index contributed by atoms with van der Waals surface area (Å²) in [6.45, 7) is 0. The number of aromatic amines is 1. The highest BCUT2D eigenvalue weighted by Crippen LogP contribution is 2.18. The van der Waals surface area contributed by atoms with E-state index < -0.39 is 12.0 Å². The minimum atomic E-state index is -1.33. The zero-order valence-electron chi connectivity index (χ0n) is 8.43. The summed E-state index contributed by atoms with van der Waals surface area (Å²) in [6.07, 6.45) is 1.90. The molecule has 0 saturated heterocycles. The Morgan fingerprint density at radius 2 is 2.25 bits per heavy atom. The van der Waals surface area contributed by atoms with Gasteiger partial charge in [0.05, 0.1) is 12.0 Å². The second-order valence-electron chi connectivity index (χ2n) is 3.56. The third kappa shape index (κ3) is 1.91. The highest BCUT2D eigenvalue weighted by Gasteiger charge is 2.12. The quantitative estimate of drug-likeness (QED) is 0.622. The number of aromatic nitrogens is 1. The maximum absolute atomic E-state index is 10.6. The Balaban J connectivity index is 2.30. The predicted molar refractivity (Wildman–Crippen MR) is 55.7 cm³/mol. The molecule has 0 bridgehead atoms. The fraction of sp³-hybridized carbons (Fsp3) is 0.182. The van der Waals surface area contributed by atoms with E-state index in [0.29, 0.717) is 0 Å². The summed E-state index contributed by atoms with van der Waals surface area (Å²) in [5.41, 5.74) is 3.49. The van der Waals surface area contributed by atoms with Gasteiger partial charge in [0.1, 0.15) is 0 Å². The monoisotopic (exact) mass is 219 g/mol. The van der Waals surface area contributed by atoms with Crippen molar-refractivity contribution in [1.29, 1.82) is 0 Å². The van der Waals surface area contributed by atoms with Crippen molar-refractivity contribution in [3.63, 3.8) is 0 Å². The molecule has 2 aromatic rings. The third-order valence-electron chi connectivity index (χ3n) is 2.54. The van der Waals surface area contributed by atoms with Crippen LogP contribution in [0.2, 0.25) is 0 Å². The number of para-hydroxylation sites is 1. The molecule has 0 amide bonds. The van der Waals surface area contributed by atoms with Gasteiger partial charge >= 0.3 is 0 Å². The number of aliphatic carboxylic acids is 1. The number of hydrogen-bond acceptors (Lipinski definition) is 4. The Morgan fingerprint density at radius 1 is 1.50 bits per heavy atom. The average molecular weight is 219 g/mol. The van der Waals surface area contributed by atoms with Crippen LogP contribution in [-0.2, 0) is 11.2 Å². The van der Waals surface area contributed by atoms with Crippen LogP contribution in [0.25, 0.3) is 10.9 Å². The maximum Gasteiger partial charge on any atom is 0.0755 e. The standard InChI is InChI=1S/C11H12N2O3/c14-11(15)10(13-16)5-7-6-12-9-4-2-1-3-8(7)9/h1-4,6,10,12-13,16H,5H2,(H,14,15)/p-1/t10-/m0/s1. The van der Waals surface area contributed by atoms with Crippen molar-refractivity contribution < 1.29 is 15.1 Å². The zero-order chi connectivity index (χ0) is 11.5. The minimum absolute atomic E-state index is 0.169. The highest BCUT2D eigenvalue weighted by molar-refractivity contribution is 5.84. The van der Waals surface area contributed by atoms with Crippen LogP contribution in [0.4, 0.5) is 0 Å². The number of benzene rings is 1. The van der Waals surface area contributed by atoms with Gasteiger partial charge in [0.2, 0.25) is 0 Å². The van der Waals surface area contributed by atoms with Crippen LogP contribution in [0, 0.1) is 0 Å². The second-order valence-corrected chi connectivity index (χ2v) is 3.56. The first kappa shape index (κ1) is 10.7. The van der Waals surface area contributed by atoms with E-state index in [2.05, 4.69) is 4.98 Å². The Hall–Kier alpha value is -1.85. The fourth-order valence-electron chi connectivity index (χ4n) is 1.70. The molecule has 2 rings (SSSR count). The number of hydroxylamine groups is 1. The summed E-state index contributed by atoms with van der Waals surface area (Å²) in [7, 11) is 0. The minimum Gasteiger partial charge on any atom is -0.548 e. The van der Waals surface area contributed by atoms with Crippen LogP contribution in [-0.4, -0.2) is 22.2 Å². The van der Waals surface area contributed by atoms with Crippen LogP contribution in [0.3, 0.4) is 0 Å². The van der Waals surface area contributed by atoms with Crippen molar-refractivity contribution in [2.45, 2.75) is 12.5 Å². The van der Waals surface area contributed by atoms with Gasteiger partial charge in [-0.15, -0.1) is 0 Å². The van der Waals surface area contributed by atoms with Gasteiger partial charge in [-0.05, 0) is 18.1 Å². The molecule has 5 heteroatoms. The largest absolute Gasteiger partial charge is 0.548 e. The van der Waals surface area contributed by atoms with Crippen LogP contribution in [0.15, 0.2) is 30.5 Å². The number of carboxylic acid groups (broad SMARTS) is 1. The van der Waals surface area contributed by atoms with E-state index >= 15 is 0 Å². The van der Waals surface area contributed by atoms with E-state index in [0.717, 1.165) is 16.5 Å². The number of carbonyl (C=O) groups excluding carboxylic acids is 1. The topological polar surface area (TPSA) is 88.2 Å². The Kier molecular flexibility index (Phi) is 2.89. The van der Waals surface area contributed by atoms with Crippen molar-refractivity contribution in [3.05, 3.63) is 36.0 Å². The molecule has 84 valence electrons. The number of H-pyrrole nitrogens is 1. The molecular weight excluding hydrogens is 208 g/mol. The second kappa shape index (κ2) is 4.34. The van der Waals surface area contributed by atoms with Crippen molar-refractivity contribution in [1.82, 2.24) is 10.5 Å². The molecule has 1 aromatic carbocycles. The number of hydrogen-bond donors (Lipinski definition) is 3. The lowest BCUT2D eigenvalue weighted by atomic mass is 10.1. The molecule has 0 saturated carbocycles. The number of fused-ring (bicyclic) bond motifs is 1. The smallest absolute Gasteiger partial charge is 0.0755 e. The lowest BCUT2D eigenvalue weighted by Gasteiger charge is -2.15. The van der Waals surface area contributed by atoms with E-state index in [1.807, 2.05) is 24.3 Å². The average Bonchev–Trinajstić information content (AvgIpc) is 2.69. The van der Waals surface area contributed by atoms with Crippen molar-refractivity contribution in [3.8, 4) is 0 Å². The van der Waals surface area contributed by atoms with Gasteiger partial charge in [0, 0.05) is 17.1 Å². The molecule has 0 fully saturated rings. The fourth-order valence-corrected chi connectivity index (χ4v) is 1.70. The number of nitrogens with one attached hydrogen (secondary N) is 2. The highest BCUT2D eigenvalue weighted by atomic mass is 16.5. The Morgan fingerprint density at radius 3 is 2.94 bits per heavy atom. The van der Waals surface area contributed by atoms with Gasteiger partial charge in [-0.25, -0.2) is 0 Å². The molecule has 1 heterocycles. The van der Waals surface area contributed by atoms with E-state index in [1.54, 1.807) is 11.7 Å². The summed E-state index contributed by atoms with van der Waals surface area (Å²) < 4.78 is 0. The number of carboxylic acids is 1. The van der Waals surface area contributed by atoms with Gasteiger partial charge in [-0.3, -0.25) is 0 Å². The van der Waals surface area contributed by atoms with Gasteiger partial charge < -0.3 is 20.1 Å². The van der Waals surface area contributed by atoms with Crippen LogP contribution in [0.1, 0.15) is 5.56 Å². The molecular formula is C11H11N2O3-. The number of rotatable bonds is 4. The van der Waals surface area contributed by atoms with Crippen LogP contribution >= 0.6 is 0 Å². The molecule has 0 spiro atoms. The first-order chi connectivity index (χ1) is 7.72. The first-order valence-electron chi connectivity index (χ1n) is 4.88. The van der Waals surface area contributed by atoms with E-state index in [-0.39, 0.29) is 6.42 Å². The van der Waals surface area contributed by atoms with Gasteiger partial charge in [0.15, 0.2) is 0 Å². The Bertz CT molecular complexity index is 507. The van der Waals surface area contributed by atoms with Crippen molar-refractivity contribution in [2.24, 2.45) is 0 Å². The molecule has 1 aromatic heterocycles. The predicted octanol–water partition coefficient (Wildman–Crippen LogP) is -0.192. The molecule has 16 heavy (non-hydrogen) atoms. The maximum atomic E-state index is 10.6. The van der Waals surface area contributed by atoms with Gasteiger partial charge in [-0.2, -0.15) is 5.48 Å². The zero-order valence-corrected chi connectivity index (χ0v) is 8.43. The summed E-state index contributed by atoms with van der Waals surface area (Å²) in [5.74, 6) is -1.33. The van der Waals surface area contributed by atoms with Crippen LogP contribution < -0.4 is 10.6 Å². The number of carbonyl (C=O) groups is 1. The van der Waals surface area contributed by atoms with E-state index in [9.17, 15) is 9.90 Å². The van der Waals surface area contributed by atoms with E-state index in [1.165, 1.54) is 0 Å². The summed E-state index contributed by atoms with van der Waals surface area (Å²) in [5, 5.41) is 20.3. The van der Waals surface area contributed by atoms with Gasteiger partial charge in [0.25, 0.3) is 0 Å². The normalized spacial score (nSPS) is 12.8. The molecule has 0 aliphatic rings.